The summed E-state index contributed by atoms with van der Waals surface area (Å²) in [5.41, 5.74) is 2.52. The molecule has 1 aromatic carbocycles. The molecule has 2 heteroatoms. The number of rotatable bonds is 1. The van der Waals surface area contributed by atoms with Crippen molar-refractivity contribution in [1.82, 2.24) is 0 Å². The summed E-state index contributed by atoms with van der Waals surface area (Å²) < 4.78 is 0. The van der Waals surface area contributed by atoms with Crippen LogP contribution < -0.4 is 0 Å². The summed E-state index contributed by atoms with van der Waals surface area (Å²) in [4.78, 5) is 11.9. The van der Waals surface area contributed by atoms with E-state index < -0.39 is 0 Å². The zero-order valence-corrected chi connectivity index (χ0v) is 10.2. The second kappa shape index (κ2) is 5.21. The molecule has 17 heavy (non-hydrogen) atoms. The summed E-state index contributed by atoms with van der Waals surface area (Å²) in [6, 6.07) is 7.61. The van der Waals surface area contributed by atoms with Crippen LogP contribution in [0.5, 0.6) is 0 Å². The number of benzene rings is 1. The molecule has 0 spiro atoms. The molecule has 2 rings (SSSR count). The molecule has 0 heterocycles. The molecule has 1 atom stereocenters. The van der Waals surface area contributed by atoms with Crippen molar-refractivity contribution in [2.24, 2.45) is 0 Å². The molecule has 1 unspecified atom stereocenters. The minimum atomic E-state index is -0.368. The molecule has 1 saturated carbocycles. The number of alkyl halides is 1. The van der Waals surface area contributed by atoms with Crippen molar-refractivity contribution in [2.75, 3.05) is 0 Å². The highest BCUT2D eigenvalue weighted by molar-refractivity contribution is 6.34. The number of carbonyl (C=O) groups is 1. The van der Waals surface area contributed by atoms with Crippen LogP contribution in [0.2, 0.25) is 0 Å². The predicted octanol–water partition coefficient (Wildman–Crippen LogP) is 3.41. The number of hydrogen-bond acceptors (Lipinski definition) is 1. The highest BCUT2D eigenvalue weighted by atomic mass is 35.5. The molecule has 0 saturated heterocycles. The molecule has 0 aliphatic heterocycles. The number of terminal acetylenes is 1. The maximum atomic E-state index is 11.9. The molecule has 0 amide bonds. The van der Waals surface area contributed by atoms with Crippen LogP contribution in [-0.2, 0) is 4.79 Å². The fraction of sp³-hybridized carbons (Fsp3) is 0.267. The van der Waals surface area contributed by atoms with Crippen molar-refractivity contribution in [3.63, 3.8) is 0 Å². The van der Waals surface area contributed by atoms with Crippen molar-refractivity contribution < 1.29 is 4.79 Å². The van der Waals surface area contributed by atoms with Gasteiger partial charge in [-0.05, 0) is 42.5 Å². The van der Waals surface area contributed by atoms with Gasteiger partial charge >= 0.3 is 0 Å². The SMILES string of the molecule is C#Cc1ccccc1C=C1CCCC(Cl)C1=O. The smallest absolute Gasteiger partial charge is 0.176 e. The molecule has 86 valence electrons. The van der Waals surface area contributed by atoms with Crippen LogP contribution in [0.3, 0.4) is 0 Å². The van der Waals surface area contributed by atoms with Gasteiger partial charge in [0.05, 0.1) is 5.38 Å². The summed E-state index contributed by atoms with van der Waals surface area (Å²) >= 11 is 5.97. The van der Waals surface area contributed by atoms with Crippen LogP contribution in [0, 0.1) is 12.3 Å². The standard InChI is InChI=1S/C15H13ClO/c1-2-11-6-3-4-7-12(11)10-13-8-5-9-14(16)15(13)17/h1,3-4,6-7,10,14H,5,8-9H2. The maximum absolute atomic E-state index is 11.9. The lowest BCUT2D eigenvalue weighted by molar-refractivity contribution is -0.116. The number of hydrogen-bond donors (Lipinski definition) is 0. The van der Waals surface area contributed by atoms with Crippen molar-refractivity contribution in [3.05, 3.63) is 41.0 Å². The normalized spacial score (nSPS) is 22.5. The van der Waals surface area contributed by atoms with E-state index in [1.54, 1.807) is 0 Å². The Hall–Kier alpha value is -1.52. The largest absolute Gasteiger partial charge is 0.293 e. The third-order valence-corrected chi connectivity index (χ3v) is 3.37. The van der Waals surface area contributed by atoms with Gasteiger partial charge in [-0.25, -0.2) is 0 Å². The summed E-state index contributed by atoms with van der Waals surface area (Å²) in [6.45, 7) is 0. The average Bonchev–Trinajstić information content (AvgIpc) is 2.35. The topological polar surface area (TPSA) is 17.1 Å². The third kappa shape index (κ3) is 2.60. The highest BCUT2D eigenvalue weighted by Crippen LogP contribution is 2.26. The molecule has 1 nitrogen and oxygen atoms in total. The number of carbonyl (C=O) groups excluding carboxylic acids is 1. The lowest BCUT2D eigenvalue weighted by atomic mass is 9.91. The van der Waals surface area contributed by atoms with E-state index in [-0.39, 0.29) is 11.2 Å². The first kappa shape index (κ1) is 12.0. The van der Waals surface area contributed by atoms with Crippen LogP contribution in [0.25, 0.3) is 6.08 Å². The molecule has 1 fully saturated rings. The van der Waals surface area contributed by atoms with Gasteiger partial charge in [0.15, 0.2) is 5.78 Å². The van der Waals surface area contributed by atoms with E-state index in [1.165, 1.54) is 0 Å². The molecular formula is C15H13ClO. The molecule has 1 aliphatic carbocycles. The first-order valence-electron chi connectivity index (χ1n) is 5.67. The van der Waals surface area contributed by atoms with E-state index in [4.69, 9.17) is 18.0 Å². The highest BCUT2D eigenvalue weighted by Gasteiger charge is 2.24. The van der Waals surface area contributed by atoms with E-state index in [9.17, 15) is 4.79 Å². The van der Waals surface area contributed by atoms with Crippen LogP contribution in [0.1, 0.15) is 30.4 Å². The van der Waals surface area contributed by atoms with Crippen LogP contribution in [0.4, 0.5) is 0 Å². The van der Waals surface area contributed by atoms with E-state index in [2.05, 4.69) is 5.92 Å². The zero-order chi connectivity index (χ0) is 12.3. The fourth-order valence-electron chi connectivity index (χ4n) is 2.01. The Morgan fingerprint density at radius 2 is 2.18 bits per heavy atom. The number of halogens is 1. The summed E-state index contributed by atoms with van der Waals surface area (Å²) in [6.07, 6.45) is 9.84. The van der Waals surface area contributed by atoms with E-state index in [1.807, 2.05) is 30.3 Å². The summed E-state index contributed by atoms with van der Waals surface area (Å²) in [5.74, 6) is 2.67. The fourth-order valence-corrected chi connectivity index (χ4v) is 2.31. The van der Waals surface area contributed by atoms with Gasteiger partial charge in [0.2, 0.25) is 0 Å². The number of Topliss-reactive ketones (excluding diaryl/α,β-unsaturated/α-hetero) is 1. The number of allylic oxidation sites excluding steroid dienone is 1. The van der Waals surface area contributed by atoms with E-state index in [0.29, 0.717) is 0 Å². The average molecular weight is 245 g/mol. The lowest BCUT2D eigenvalue weighted by Crippen LogP contribution is -2.21. The lowest BCUT2D eigenvalue weighted by Gasteiger charge is -2.17. The minimum Gasteiger partial charge on any atom is -0.293 e. The summed E-state index contributed by atoms with van der Waals surface area (Å²) in [7, 11) is 0. The van der Waals surface area contributed by atoms with Gasteiger partial charge < -0.3 is 0 Å². The Kier molecular flexibility index (Phi) is 3.66. The quantitative estimate of drug-likeness (QED) is 0.420. The van der Waals surface area contributed by atoms with Gasteiger partial charge in [-0.2, -0.15) is 0 Å². The number of ketones is 1. The summed E-state index contributed by atoms with van der Waals surface area (Å²) in [5, 5.41) is -0.368. The van der Waals surface area contributed by atoms with Crippen LogP contribution in [-0.4, -0.2) is 11.2 Å². The molecule has 0 aromatic heterocycles. The Bertz CT molecular complexity index is 508. The molecule has 1 aromatic rings. The van der Waals surface area contributed by atoms with Gasteiger partial charge in [-0.1, -0.05) is 24.1 Å². The molecule has 0 radical (unpaired) electrons. The van der Waals surface area contributed by atoms with Gasteiger partial charge in [0, 0.05) is 5.56 Å². The van der Waals surface area contributed by atoms with Crippen molar-refractivity contribution in [3.8, 4) is 12.3 Å². The second-order valence-corrected chi connectivity index (χ2v) is 4.65. The third-order valence-electron chi connectivity index (χ3n) is 2.95. The maximum Gasteiger partial charge on any atom is 0.176 e. The molecular weight excluding hydrogens is 232 g/mol. The Morgan fingerprint density at radius 3 is 2.94 bits per heavy atom. The van der Waals surface area contributed by atoms with Gasteiger partial charge in [0.25, 0.3) is 0 Å². The Labute approximate surface area is 106 Å². The van der Waals surface area contributed by atoms with Crippen molar-refractivity contribution in [2.45, 2.75) is 24.6 Å². The second-order valence-electron chi connectivity index (χ2n) is 4.13. The zero-order valence-electron chi connectivity index (χ0n) is 9.45. The van der Waals surface area contributed by atoms with Gasteiger partial charge in [0.1, 0.15) is 0 Å². The molecule has 1 aliphatic rings. The first-order chi connectivity index (χ1) is 8.22. The predicted molar refractivity (Wildman–Crippen MR) is 70.9 cm³/mol. The molecule has 0 N–H and O–H groups in total. The Balaban J connectivity index is 2.36. The Morgan fingerprint density at radius 1 is 1.41 bits per heavy atom. The van der Waals surface area contributed by atoms with E-state index >= 15 is 0 Å². The van der Waals surface area contributed by atoms with Crippen molar-refractivity contribution >= 4 is 23.5 Å². The molecule has 0 bridgehead atoms. The van der Waals surface area contributed by atoms with Gasteiger partial charge in [-0.15, -0.1) is 18.0 Å². The van der Waals surface area contributed by atoms with Gasteiger partial charge in [-0.3, -0.25) is 4.79 Å². The first-order valence-corrected chi connectivity index (χ1v) is 6.10. The van der Waals surface area contributed by atoms with Crippen LogP contribution >= 0.6 is 11.6 Å². The van der Waals surface area contributed by atoms with E-state index in [0.717, 1.165) is 36.0 Å². The van der Waals surface area contributed by atoms with Crippen molar-refractivity contribution in [1.29, 1.82) is 0 Å². The van der Waals surface area contributed by atoms with Crippen LogP contribution in [0.15, 0.2) is 29.8 Å². The monoisotopic (exact) mass is 244 g/mol. The minimum absolute atomic E-state index is 0.0461.